The molecule has 1 fully saturated rings. The monoisotopic (exact) mass is 486 g/mol. The molecule has 3 rings (SSSR count). The maximum atomic E-state index is 13.0. The van der Waals surface area contributed by atoms with E-state index in [1.54, 1.807) is 50.2 Å². The van der Waals surface area contributed by atoms with Gasteiger partial charge in [-0.15, -0.1) is 0 Å². The molecule has 2 aromatic rings. The zero-order valence-electron chi connectivity index (χ0n) is 18.7. The Kier molecular flexibility index (Phi) is 8.14. The zero-order valence-corrected chi connectivity index (χ0v) is 20.3. The first-order valence-corrected chi connectivity index (χ1v) is 12.7. The van der Waals surface area contributed by atoms with Gasteiger partial charge in [-0.2, -0.15) is 9.57 Å². The topological polar surface area (TPSA) is 93.5 Å². The minimum absolute atomic E-state index is 0.0957. The minimum Gasteiger partial charge on any atom is -0.370 e. The molecule has 1 aliphatic rings. The Hall–Kier alpha value is -2.86. The van der Waals surface area contributed by atoms with Crippen molar-refractivity contribution in [3.8, 4) is 6.07 Å². The lowest BCUT2D eigenvalue weighted by atomic mass is 10.1. The number of halogens is 1. The van der Waals surface area contributed by atoms with Crippen LogP contribution in [-0.2, 0) is 14.8 Å². The molecule has 7 nitrogen and oxygen atoms in total. The van der Waals surface area contributed by atoms with Crippen LogP contribution in [0.5, 0.6) is 0 Å². The van der Waals surface area contributed by atoms with Crippen molar-refractivity contribution in [2.24, 2.45) is 0 Å². The van der Waals surface area contributed by atoms with Crippen LogP contribution in [0.2, 0.25) is 5.02 Å². The third-order valence-electron chi connectivity index (χ3n) is 5.55. The van der Waals surface area contributed by atoms with Gasteiger partial charge in [-0.1, -0.05) is 37.6 Å². The summed E-state index contributed by atoms with van der Waals surface area (Å²) >= 11 is 5.90. The molecule has 0 aliphatic carbocycles. The van der Waals surface area contributed by atoms with E-state index in [1.165, 1.54) is 16.4 Å². The molecule has 0 bridgehead atoms. The Morgan fingerprint density at radius 2 is 1.79 bits per heavy atom. The van der Waals surface area contributed by atoms with E-state index in [9.17, 15) is 18.5 Å². The van der Waals surface area contributed by atoms with E-state index >= 15 is 0 Å². The number of anilines is 2. The predicted molar refractivity (Wildman–Crippen MR) is 132 cm³/mol. The molecule has 0 aromatic heterocycles. The van der Waals surface area contributed by atoms with Crippen molar-refractivity contribution in [2.75, 3.05) is 36.4 Å². The van der Waals surface area contributed by atoms with Gasteiger partial charge in [0.15, 0.2) is 0 Å². The third-order valence-corrected chi connectivity index (χ3v) is 7.85. The van der Waals surface area contributed by atoms with Gasteiger partial charge in [-0.05, 0) is 54.8 Å². The maximum absolute atomic E-state index is 13.0. The van der Waals surface area contributed by atoms with Crippen molar-refractivity contribution >= 4 is 45.0 Å². The number of nitrogens with zero attached hydrogens (tertiary/aromatic N) is 3. The predicted octanol–water partition coefficient (Wildman–Crippen LogP) is 4.52. The molecule has 1 amide bonds. The lowest BCUT2D eigenvalue weighted by Crippen LogP contribution is -2.31. The fourth-order valence-electron chi connectivity index (χ4n) is 3.79. The number of benzene rings is 2. The number of nitriles is 1. The Balaban J connectivity index is 1.99. The van der Waals surface area contributed by atoms with Crippen LogP contribution < -0.4 is 10.2 Å². The van der Waals surface area contributed by atoms with Crippen molar-refractivity contribution in [3.63, 3.8) is 0 Å². The fourth-order valence-corrected chi connectivity index (χ4v) is 5.40. The number of carbonyl (C=O) groups is 1. The van der Waals surface area contributed by atoms with Gasteiger partial charge < -0.3 is 10.2 Å². The summed E-state index contributed by atoms with van der Waals surface area (Å²) < 4.78 is 27.5. The van der Waals surface area contributed by atoms with Crippen LogP contribution >= 0.6 is 11.6 Å². The molecular formula is C24H27ClN4O3S. The molecule has 1 heterocycles. The van der Waals surface area contributed by atoms with E-state index in [1.807, 2.05) is 6.07 Å². The Morgan fingerprint density at radius 3 is 2.36 bits per heavy atom. The van der Waals surface area contributed by atoms with Gasteiger partial charge in [-0.25, -0.2) is 8.42 Å². The quantitative estimate of drug-likeness (QED) is 0.437. The molecule has 0 atom stereocenters. The molecule has 0 unspecified atom stereocenters. The average molecular weight is 487 g/mol. The summed E-state index contributed by atoms with van der Waals surface area (Å²) in [7, 11) is -3.71. The van der Waals surface area contributed by atoms with Crippen molar-refractivity contribution in [2.45, 2.75) is 31.6 Å². The summed E-state index contributed by atoms with van der Waals surface area (Å²) in [6, 6.07) is 13.5. The lowest BCUT2D eigenvalue weighted by molar-refractivity contribution is -0.112. The van der Waals surface area contributed by atoms with Crippen LogP contribution in [-0.4, -0.2) is 44.8 Å². The molecule has 33 heavy (non-hydrogen) atoms. The molecule has 9 heteroatoms. The first kappa shape index (κ1) is 24.8. The lowest BCUT2D eigenvalue weighted by Gasteiger charge is -2.24. The van der Waals surface area contributed by atoms with Gasteiger partial charge in [0, 0.05) is 31.2 Å². The van der Waals surface area contributed by atoms with Crippen LogP contribution in [0, 0.1) is 11.3 Å². The number of hydrogen-bond acceptors (Lipinski definition) is 5. The fraction of sp³-hybridized carbons (Fsp3) is 0.333. The summed E-state index contributed by atoms with van der Waals surface area (Å²) in [6.45, 7) is 5.88. The summed E-state index contributed by atoms with van der Waals surface area (Å²) in [4.78, 5) is 15.2. The average Bonchev–Trinajstić information content (AvgIpc) is 3.34. The number of hydrogen-bond donors (Lipinski definition) is 1. The first-order chi connectivity index (χ1) is 15.8. The van der Waals surface area contributed by atoms with Gasteiger partial charge in [0.05, 0.1) is 16.3 Å². The van der Waals surface area contributed by atoms with Gasteiger partial charge in [-0.3, -0.25) is 4.79 Å². The maximum Gasteiger partial charge on any atom is 0.266 e. The number of rotatable bonds is 8. The van der Waals surface area contributed by atoms with E-state index in [0.717, 1.165) is 31.6 Å². The van der Waals surface area contributed by atoms with Crippen molar-refractivity contribution < 1.29 is 13.2 Å². The molecule has 0 radical (unpaired) electrons. The second kappa shape index (κ2) is 10.8. The number of sulfonamides is 1. The normalized spacial score (nSPS) is 14.4. The van der Waals surface area contributed by atoms with Crippen molar-refractivity contribution in [3.05, 3.63) is 58.6 Å². The second-order valence-corrected chi connectivity index (χ2v) is 10.0. The van der Waals surface area contributed by atoms with E-state index in [4.69, 9.17) is 11.6 Å². The van der Waals surface area contributed by atoms with Crippen molar-refractivity contribution in [1.29, 1.82) is 5.26 Å². The molecule has 1 aliphatic heterocycles. The summed E-state index contributed by atoms with van der Waals surface area (Å²) in [6.07, 6.45) is 3.51. The van der Waals surface area contributed by atoms with Crippen LogP contribution in [0.1, 0.15) is 32.3 Å². The largest absolute Gasteiger partial charge is 0.370 e. The van der Waals surface area contributed by atoms with Crippen LogP contribution in [0.3, 0.4) is 0 Å². The van der Waals surface area contributed by atoms with Gasteiger partial charge >= 0.3 is 0 Å². The number of amides is 1. The number of nitrogens with one attached hydrogen (secondary N) is 1. The van der Waals surface area contributed by atoms with Crippen molar-refractivity contribution in [1.82, 2.24) is 4.31 Å². The zero-order chi connectivity index (χ0) is 24.0. The Bertz CT molecular complexity index is 1180. The van der Waals surface area contributed by atoms with E-state index in [-0.39, 0.29) is 10.5 Å². The molecule has 174 valence electrons. The highest BCUT2D eigenvalue weighted by Crippen LogP contribution is 2.32. The standard InChI is InChI=1S/C24H27ClN4O3S/c1-3-29(4-2)33(31,32)21-11-12-23(28-13-5-6-14-28)22(16-21)27-24(30)19(17-26)15-18-7-9-20(25)10-8-18/h7-12,15-16H,3-6,13-14H2,1-2H3,(H,27,30). The highest BCUT2D eigenvalue weighted by molar-refractivity contribution is 7.89. The molecule has 0 saturated carbocycles. The third kappa shape index (κ3) is 5.74. The summed E-state index contributed by atoms with van der Waals surface area (Å²) in [5.74, 6) is -0.606. The smallest absolute Gasteiger partial charge is 0.266 e. The van der Waals surface area contributed by atoms with Gasteiger partial charge in [0.2, 0.25) is 10.0 Å². The van der Waals surface area contributed by atoms with E-state index in [0.29, 0.717) is 29.4 Å². The summed E-state index contributed by atoms with van der Waals surface area (Å²) in [5, 5.41) is 12.9. The van der Waals surface area contributed by atoms with E-state index in [2.05, 4.69) is 10.2 Å². The minimum atomic E-state index is -3.71. The molecule has 2 aromatic carbocycles. The Morgan fingerprint density at radius 1 is 1.15 bits per heavy atom. The molecule has 1 N–H and O–H groups in total. The van der Waals surface area contributed by atoms with Crippen LogP contribution in [0.15, 0.2) is 52.9 Å². The molecule has 0 spiro atoms. The molecule has 1 saturated heterocycles. The second-order valence-electron chi connectivity index (χ2n) is 7.64. The molecular weight excluding hydrogens is 460 g/mol. The highest BCUT2D eigenvalue weighted by Gasteiger charge is 2.25. The SMILES string of the molecule is CCN(CC)S(=O)(=O)c1ccc(N2CCCC2)c(NC(=O)C(C#N)=Cc2ccc(Cl)cc2)c1. The first-order valence-electron chi connectivity index (χ1n) is 10.9. The van der Waals surface area contributed by atoms with Crippen LogP contribution in [0.4, 0.5) is 11.4 Å². The van der Waals surface area contributed by atoms with Gasteiger partial charge in [0.1, 0.15) is 11.6 Å². The highest BCUT2D eigenvalue weighted by atomic mass is 35.5. The van der Waals surface area contributed by atoms with Crippen LogP contribution in [0.25, 0.3) is 6.08 Å². The van der Waals surface area contributed by atoms with E-state index < -0.39 is 15.9 Å². The Labute approximate surface area is 200 Å². The van der Waals surface area contributed by atoms with Gasteiger partial charge in [0.25, 0.3) is 5.91 Å². The number of carbonyl (C=O) groups excluding carboxylic acids is 1. The summed E-state index contributed by atoms with van der Waals surface area (Å²) in [5.41, 5.74) is 1.67.